The molecule has 26 heavy (non-hydrogen) atoms. The van der Waals surface area contributed by atoms with Gasteiger partial charge in [0.1, 0.15) is 5.15 Å². The Balaban J connectivity index is 2.54. The Bertz CT molecular complexity index is 827. The molecule has 0 aromatic carbocycles. The minimum atomic E-state index is -0.757. The van der Waals surface area contributed by atoms with Gasteiger partial charge in [0.05, 0.1) is 22.7 Å². The Morgan fingerprint density at radius 1 is 1.42 bits per heavy atom. The Kier molecular flexibility index (Phi) is 6.98. The second-order valence-corrected chi connectivity index (χ2v) is 8.23. The average Bonchev–Trinajstić information content (AvgIpc) is 2.60. The minimum Gasteiger partial charge on any atom is -0.474 e. The van der Waals surface area contributed by atoms with E-state index in [4.69, 9.17) is 21.9 Å². The van der Waals surface area contributed by atoms with E-state index in [2.05, 4.69) is 33.2 Å². The van der Waals surface area contributed by atoms with Crippen LogP contribution in [0.5, 0.6) is 5.88 Å². The molecule has 8 heteroatoms. The number of nitrogens with zero attached hydrogens (tertiary/aromatic N) is 5. The Morgan fingerprint density at radius 3 is 2.77 bits per heavy atom. The molecule has 0 N–H and O–H groups in total. The summed E-state index contributed by atoms with van der Waals surface area (Å²) in [5.41, 5.74) is 8.86. The number of fused-ring (bicyclic) bond motifs is 1. The first-order valence-corrected chi connectivity index (χ1v) is 10.2. The fourth-order valence-corrected chi connectivity index (χ4v) is 3.29. The quantitative estimate of drug-likeness (QED) is 0.234. The second kappa shape index (κ2) is 8.80. The molecule has 0 bridgehead atoms. The third-order valence-electron chi connectivity index (χ3n) is 4.53. The maximum Gasteiger partial charge on any atom is 0.223 e. The highest BCUT2D eigenvalue weighted by atomic mass is 35.5. The molecule has 0 fully saturated rings. The van der Waals surface area contributed by atoms with E-state index in [0.29, 0.717) is 28.4 Å². The van der Waals surface area contributed by atoms with Gasteiger partial charge in [0.2, 0.25) is 5.88 Å². The zero-order valence-electron chi connectivity index (χ0n) is 15.7. The van der Waals surface area contributed by atoms with Crippen molar-refractivity contribution in [2.75, 3.05) is 6.26 Å². The monoisotopic (exact) mass is 393 g/mol. The lowest BCUT2D eigenvalue weighted by Crippen LogP contribution is -2.21. The summed E-state index contributed by atoms with van der Waals surface area (Å²) in [6, 6.07) is 3.67. The van der Waals surface area contributed by atoms with E-state index in [9.17, 15) is 0 Å². The summed E-state index contributed by atoms with van der Waals surface area (Å²) in [7, 11) is 0. The number of azide groups is 1. The first-order valence-electron chi connectivity index (χ1n) is 8.55. The van der Waals surface area contributed by atoms with Crippen LogP contribution in [-0.4, -0.2) is 27.6 Å². The van der Waals surface area contributed by atoms with Crippen molar-refractivity contribution in [3.8, 4) is 5.88 Å². The van der Waals surface area contributed by atoms with Gasteiger partial charge in [-0.1, -0.05) is 30.6 Å². The van der Waals surface area contributed by atoms with Crippen LogP contribution in [0.15, 0.2) is 23.4 Å². The fourth-order valence-electron chi connectivity index (χ4n) is 2.66. The lowest BCUT2D eigenvalue weighted by Gasteiger charge is -2.24. The summed E-state index contributed by atoms with van der Waals surface area (Å²) < 4.78 is 6.16. The van der Waals surface area contributed by atoms with Crippen molar-refractivity contribution in [1.29, 1.82) is 0 Å². The van der Waals surface area contributed by atoms with Gasteiger partial charge in [0.15, 0.2) is 0 Å². The molecule has 0 aliphatic carbocycles. The van der Waals surface area contributed by atoms with Crippen molar-refractivity contribution in [3.05, 3.63) is 39.6 Å². The molecule has 0 saturated heterocycles. The first-order chi connectivity index (χ1) is 12.3. The van der Waals surface area contributed by atoms with Gasteiger partial charge < -0.3 is 4.74 Å². The van der Waals surface area contributed by atoms with Crippen molar-refractivity contribution in [1.82, 2.24) is 9.97 Å². The molecule has 3 atom stereocenters. The smallest absolute Gasteiger partial charge is 0.223 e. The number of thioether (sulfide) groups is 1. The van der Waals surface area contributed by atoms with Crippen LogP contribution in [0, 0.1) is 0 Å². The highest BCUT2D eigenvalue weighted by molar-refractivity contribution is 7.99. The third-order valence-corrected chi connectivity index (χ3v) is 5.74. The van der Waals surface area contributed by atoms with Crippen LogP contribution in [0.2, 0.25) is 5.15 Å². The number of hydrogen-bond acceptors (Lipinski definition) is 5. The standard InChI is InChI=1S/C18H24ClN5OS/c1-6-18(4,23-24-20)15-8-13-9-16(19)21-10-14(13)17(22-15)25-11(2)7-12(3)26-5/h8-12H,6-7H2,1-5H3/t11-,12-,18-/m1/s1. The van der Waals surface area contributed by atoms with E-state index in [1.807, 2.05) is 26.8 Å². The van der Waals surface area contributed by atoms with E-state index in [-0.39, 0.29) is 6.10 Å². The van der Waals surface area contributed by atoms with Crippen LogP contribution in [0.25, 0.3) is 21.2 Å². The summed E-state index contributed by atoms with van der Waals surface area (Å²) in [4.78, 5) is 11.8. The number of aromatic nitrogens is 2. The van der Waals surface area contributed by atoms with Crippen molar-refractivity contribution < 1.29 is 4.74 Å². The molecule has 2 rings (SSSR count). The summed E-state index contributed by atoms with van der Waals surface area (Å²) in [6.07, 6.45) is 5.27. The number of halogens is 1. The van der Waals surface area contributed by atoms with Gasteiger partial charge in [-0.15, -0.1) is 0 Å². The molecule has 6 nitrogen and oxygen atoms in total. The van der Waals surface area contributed by atoms with Crippen LogP contribution in [0.3, 0.4) is 0 Å². The highest BCUT2D eigenvalue weighted by Gasteiger charge is 2.27. The van der Waals surface area contributed by atoms with Gasteiger partial charge in [-0.25, -0.2) is 9.97 Å². The van der Waals surface area contributed by atoms with Crippen LogP contribution < -0.4 is 4.74 Å². The Hall–Kier alpha value is -1.69. The van der Waals surface area contributed by atoms with E-state index in [1.54, 1.807) is 24.0 Å². The molecular weight excluding hydrogens is 370 g/mol. The molecule has 2 heterocycles. The third kappa shape index (κ3) is 4.72. The van der Waals surface area contributed by atoms with E-state index in [1.165, 1.54) is 0 Å². The van der Waals surface area contributed by atoms with Crippen LogP contribution >= 0.6 is 23.4 Å². The predicted octanol–water partition coefficient (Wildman–Crippen LogP) is 6.13. The molecule has 0 radical (unpaired) electrons. The largest absolute Gasteiger partial charge is 0.474 e. The Morgan fingerprint density at radius 2 is 2.15 bits per heavy atom. The zero-order chi connectivity index (χ0) is 19.3. The molecule has 0 unspecified atom stereocenters. The average molecular weight is 394 g/mol. The summed E-state index contributed by atoms with van der Waals surface area (Å²) in [6.45, 7) is 8.03. The first kappa shape index (κ1) is 20.6. The second-order valence-electron chi connectivity index (χ2n) is 6.57. The summed E-state index contributed by atoms with van der Waals surface area (Å²) >= 11 is 7.87. The predicted molar refractivity (Wildman–Crippen MR) is 109 cm³/mol. The van der Waals surface area contributed by atoms with Gasteiger partial charge in [-0.2, -0.15) is 11.8 Å². The van der Waals surface area contributed by atoms with Crippen LogP contribution in [-0.2, 0) is 5.54 Å². The van der Waals surface area contributed by atoms with Crippen molar-refractivity contribution in [2.45, 2.75) is 57.4 Å². The van der Waals surface area contributed by atoms with Gasteiger partial charge in [0, 0.05) is 16.4 Å². The van der Waals surface area contributed by atoms with Gasteiger partial charge in [0.25, 0.3) is 0 Å². The molecule has 2 aromatic heterocycles. The molecule has 0 spiro atoms. The molecular formula is C18H24ClN5OS. The summed E-state index contributed by atoms with van der Waals surface area (Å²) in [5, 5.41) is 6.50. The molecule has 2 aromatic rings. The SMILES string of the molecule is CC[C@@](C)(N=[N+]=[N-])c1cc2cc(Cl)ncc2c(O[C@H](C)C[C@@H](C)SC)n1. The molecule has 0 aliphatic heterocycles. The van der Waals surface area contributed by atoms with E-state index in [0.717, 1.165) is 17.2 Å². The molecule has 140 valence electrons. The van der Waals surface area contributed by atoms with E-state index >= 15 is 0 Å². The van der Waals surface area contributed by atoms with Crippen LogP contribution in [0.4, 0.5) is 0 Å². The number of hydrogen-bond donors (Lipinski definition) is 0. The zero-order valence-corrected chi connectivity index (χ0v) is 17.3. The maximum atomic E-state index is 8.96. The lowest BCUT2D eigenvalue weighted by atomic mass is 9.94. The maximum absolute atomic E-state index is 8.96. The van der Waals surface area contributed by atoms with E-state index < -0.39 is 5.54 Å². The minimum absolute atomic E-state index is 0.00794. The highest BCUT2D eigenvalue weighted by Crippen LogP contribution is 2.34. The van der Waals surface area contributed by atoms with Crippen molar-refractivity contribution in [2.24, 2.45) is 5.11 Å². The normalized spacial score (nSPS) is 15.8. The fraction of sp³-hybridized carbons (Fsp3) is 0.556. The molecule has 0 aliphatic rings. The number of ether oxygens (including phenoxy) is 1. The van der Waals surface area contributed by atoms with Crippen molar-refractivity contribution in [3.63, 3.8) is 0 Å². The van der Waals surface area contributed by atoms with Crippen molar-refractivity contribution >= 4 is 34.1 Å². The lowest BCUT2D eigenvalue weighted by molar-refractivity contribution is 0.204. The molecule has 0 amide bonds. The van der Waals surface area contributed by atoms with Crippen LogP contribution in [0.1, 0.15) is 46.2 Å². The van der Waals surface area contributed by atoms with Gasteiger partial charge in [-0.05, 0) is 56.0 Å². The van der Waals surface area contributed by atoms with Gasteiger partial charge in [-0.3, -0.25) is 0 Å². The number of pyridine rings is 2. The summed E-state index contributed by atoms with van der Waals surface area (Å²) in [5.74, 6) is 0.496. The molecule has 0 saturated carbocycles. The Labute approximate surface area is 163 Å². The topological polar surface area (TPSA) is 83.8 Å². The van der Waals surface area contributed by atoms with Gasteiger partial charge >= 0.3 is 0 Å². The number of rotatable bonds is 8.